The normalized spacial score (nSPS) is 11.2. The Hall–Kier alpha value is -1.90. The first-order valence-corrected chi connectivity index (χ1v) is 6.66. The van der Waals surface area contributed by atoms with E-state index in [-0.39, 0.29) is 11.4 Å². The van der Waals surface area contributed by atoms with Crippen molar-refractivity contribution >= 4 is 17.8 Å². The van der Waals surface area contributed by atoms with Crippen molar-refractivity contribution in [2.75, 3.05) is 6.61 Å². The van der Waals surface area contributed by atoms with Gasteiger partial charge in [0.25, 0.3) is 0 Å². The molecule has 0 amide bonds. The Morgan fingerprint density at radius 2 is 1.84 bits per heavy atom. The van der Waals surface area contributed by atoms with Gasteiger partial charge in [-0.15, -0.1) is 0 Å². The Labute approximate surface area is 114 Å². The number of benzene rings is 1. The van der Waals surface area contributed by atoms with Crippen LogP contribution in [0.25, 0.3) is 6.08 Å². The molecular weight excluding hydrogens is 240 g/mol. The van der Waals surface area contributed by atoms with Crippen LogP contribution in [0, 0.1) is 0 Å². The van der Waals surface area contributed by atoms with E-state index in [9.17, 15) is 9.59 Å². The van der Waals surface area contributed by atoms with Crippen LogP contribution < -0.4 is 0 Å². The van der Waals surface area contributed by atoms with Crippen LogP contribution >= 0.6 is 0 Å². The molecule has 102 valence electrons. The smallest absolute Gasteiger partial charge is 0.341 e. The summed E-state index contributed by atoms with van der Waals surface area (Å²) in [5.74, 6) is -0.713. The quantitative estimate of drug-likeness (QED) is 0.248. The number of ether oxygens (including phenoxy) is 1. The highest BCUT2D eigenvalue weighted by Gasteiger charge is 2.17. The lowest BCUT2D eigenvalue weighted by Gasteiger charge is -2.06. The molecule has 1 aromatic carbocycles. The van der Waals surface area contributed by atoms with Gasteiger partial charge in [0.05, 0.1) is 6.61 Å². The predicted octanol–water partition coefficient (Wildman–Crippen LogP) is 3.39. The number of carbonyl (C=O) groups is 2. The molecule has 1 aromatic rings. The minimum atomic E-state index is -0.524. The summed E-state index contributed by atoms with van der Waals surface area (Å²) in [6.45, 7) is 4.12. The van der Waals surface area contributed by atoms with E-state index in [2.05, 4.69) is 0 Å². The highest BCUT2D eigenvalue weighted by Crippen LogP contribution is 2.11. The van der Waals surface area contributed by atoms with Crippen molar-refractivity contribution < 1.29 is 14.3 Å². The highest BCUT2D eigenvalue weighted by molar-refractivity contribution is 6.20. The lowest BCUT2D eigenvalue weighted by atomic mass is 10.1. The maximum absolute atomic E-state index is 11.9. The van der Waals surface area contributed by atoms with Crippen LogP contribution in [0.15, 0.2) is 35.9 Å². The second-order valence-corrected chi connectivity index (χ2v) is 4.23. The largest absolute Gasteiger partial charge is 0.462 e. The Morgan fingerprint density at radius 3 is 2.42 bits per heavy atom. The van der Waals surface area contributed by atoms with E-state index in [1.165, 1.54) is 0 Å². The van der Waals surface area contributed by atoms with Crippen molar-refractivity contribution in [3.63, 3.8) is 0 Å². The zero-order valence-corrected chi connectivity index (χ0v) is 11.5. The second-order valence-electron chi connectivity index (χ2n) is 4.23. The average Bonchev–Trinajstić information content (AvgIpc) is 2.45. The molecule has 3 nitrogen and oxygen atoms in total. The molecular formula is C16H20O3. The van der Waals surface area contributed by atoms with E-state index >= 15 is 0 Å². The fourth-order valence-corrected chi connectivity index (χ4v) is 1.55. The molecule has 0 saturated heterocycles. The molecule has 19 heavy (non-hydrogen) atoms. The minimum Gasteiger partial charge on any atom is -0.462 e. The maximum atomic E-state index is 11.9. The van der Waals surface area contributed by atoms with Crippen molar-refractivity contribution in [3.8, 4) is 0 Å². The van der Waals surface area contributed by atoms with Crippen molar-refractivity contribution in [1.29, 1.82) is 0 Å². The maximum Gasteiger partial charge on any atom is 0.341 e. The highest BCUT2D eigenvalue weighted by atomic mass is 16.5. The van der Waals surface area contributed by atoms with E-state index in [1.54, 1.807) is 13.0 Å². The van der Waals surface area contributed by atoms with Crippen LogP contribution in [0.1, 0.15) is 38.7 Å². The molecule has 0 radical (unpaired) electrons. The molecule has 0 bridgehead atoms. The Balaban J connectivity index is 2.86. The summed E-state index contributed by atoms with van der Waals surface area (Å²) in [6, 6.07) is 9.31. The molecule has 0 aliphatic carbocycles. The third-order valence-electron chi connectivity index (χ3n) is 2.68. The number of unbranched alkanes of at least 4 members (excludes halogenated alkanes) is 1. The fraction of sp³-hybridized carbons (Fsp3) is 0.375. The van der Waals surface area contributed by atoms with Gasteiger partial charge in [0.1, 0.15) is 5.57 Å². The van der Waals surface area contributed by atoms with Gasteiger partial charge in [-0.25, -0.2) is 4.79 Å². The molecule has 0 fully saturated rings. The first kappa shape index (κ1) is 15.2. The number of rotatable bonds is 7. The molecule has 1 rings (SSSR count). The first-order chi connectivity index (χ1) is 9.19. The number of hydrogen-bond donors (Lipinski definition) is 0. The molecule has 0 aliphatic rings. The van der Waals surface area contributed by atoms with Gasteiger partial charge >= 0.3 is 5.97 Å². The van der Waals surface area contributed by atoms with Crippen LogP contribution in [-0.2, 0) is 14.3 Å². The molecule has 0 N–H and O–H groups in total. The molecule has 0 heterocycles. The summed E-state index contributed by atoms with van der Waals surface area (Å²) in [5.41, 5.74) is 0.955. The average molecular weight is 260 g/mol. The zero-order chi connectivity index (χ0) is 14.1. The zero-order valence-electron chi connectivity index (χ0n) is 11.5. The van der Waals surface area contributed by atoms with Crippen molar-refractivity contribution in [3.05, 3.63) is 41.5 Å². The molecule has 0 unspecified atom stereocenters. The third kappa shape index (κ3) is 5.08. The van der Waals surface area contributed by atoms with Gasteiger partial charge in [-0.2, -0.15) is 0 Å². The summed E-state index contributed by atoms with van der Waals surface area (Å²) in [4.78, 5) is 23.7. The van der Waals surface area contributed by atoms with Crippen LogP contribution in [0.3, 0.4) is 0 Å². The molecule has 0 aliphatic heterocycles. The Bertz CT molecular complexity index is 446. The topological polar surface area (TPSA) is 43.4 Å². The standard InChI is InChI=1S/C16H20O3/c1-3-5-11-19-16(18)14(15(17)4-2)12-13-9-7-6-8-10-13/h6-10,12H,3-5,11H2,1-2H3. The lowest BCUT2D eigenvalue weighted by Crippen LogP contribution is -2.15. The van der Waals surface area contributed by atoms with Crippen molar-refractivity contribution in [2.24, 2.45) is 0 Å². The summed E-state index contributed by atoms with van der Waals surface area (Å²) in [6.07, 6.45) is 3.65. The number of Topliss-reactive ketones (excluding diaryl/α,β-unsaturated/α-hetero) is 1. The van der Waals surface area contributed by atoms with E-state index in [4.69, 9.17) is 4.74 Å². The summed E-state index contributed by atoms with van der Waals surface area (Å²) >= 11 is 0. The monoisotopic (exact) mass is 260 g/mol. The summed E-state index contributed by atoms with van der Waals surface area (Å²) < 4.78 is 5.11. The SMILES string of the molecule is CCCCOC(=O)C(=Cc1ccccc1)C(=O)CC. The number of carbonyl (C=O) groups excluding carboxylic acids is 2. The second kappa shape index (κ2) is 8.25. The third-order valence-corrected chi connectivity index (χ3v) is 2.68. The number of ketones is 1. The van der Waals surface area contributed by atoms with Crippen LogP contribution in [0.4, 0.5) is 0 Å². The molecule has 0 atom stereocenters. The van der Waals surface area contributed by atoms with E-state index in [1.807, 2.05) is 37.3 Å². The van der Waals surface area contributed by atoms with Crippen LogP contribution in [-0.4, -0.2) is 18.4 Å². The molecule has 0 saturated carbocycles. The Kier molecular flexibility index (Phi) is 6.58. The van der Waals surface area contributed by atoms with Gasteiger partial charge < -0.3 is 4.74 Å². The van der Waals surface area contributed by atoms with Gasteiger partial charge in [0, 0.05) is 6.42 Å². The molecule has 0 spiro atoms. The van der Waals surface area contributed by atoms with Gasteiger partial charge in [0.2, 0.25) is 0 Å². The van der Waals surface area contributed by atoms with Crippen molar-refractivity contribution in [2.45, 2.75) is 33.1 Å². The van der Waals surface area contributed by atoms with Crippen LogP contribution in [0.5, 0.6) is 0 Å². The predicted molar refractivity (Wildman–Crippen MR) is 75.6 cm³/mol. The van der Waals surface area contributed by atoms with Crippen LogP contribution in [0.2, 0.25) is 0 Å². The summed E-state index contributed by atoms with van der Waals surface area (Å²) in [7, 11) is 0. The Morgan fingerprint density at radius 1 is 1.16 bits per heavy atom. The molecule has 3 heteroatoms. The van der Waals surface area contributed by atoms with E-state index < -0.39 is 5.97 Å². The number of esters is 1. The lowest BCUT2D eigenvalue weighted by molar-refractivity contribution is -0.140. The first-order valence-electron chi connectivity index (χ1n) is 6.66. The fourth-order valence-electron chi connectivity index (χ4n) is 1.55. The van der Waals surface area contributed by atoms with E-state index in [0.29, 0.717) is 13.0 Å². The van der Waals surface area contributed by atoms with Gasteiger partial charge in [-0.3, -0.25) is 4.79 Å². The van der Waals surface area contributed by atoms with Gasteiger partial charge in [0.15, 0.2) is 5.78 Å². The molecule has 0 aromatic heterocycles. The summed E-state index contributed by atoms with van der Waals surface area (Å²) in [5, 5.41) is 0. The number of hydrogen-bond acceptors (Lipinski definition) is 3. The van der Waals surface area contributed by atoms with Gasteiger partial charge in [-0.05, 0) is 18.1 Å². The minimum absolute atomic E-state index is 0.129. The van der Waals surface area contributed by atoms with E-state index in [0.717, 1.165) is 18.4 Å². The van der Waals surface area contributed by atoms with Crippen molar-refractivity contribution in [1.82, 2.24) is 0 Å². The van der Waals surface area contributed by atoms with Gasteiger partial charge in [-0.1, -0.05) is 50.6 Å².